The Bertz CT molecular complexity index is 354. The third kappa shape index (κ3) is 2.98. The number of halogens is 4. The number of hydrogen-bond acceptors (Lipinski definition) is 1. The SMILES string of the molecule is FC(F)(F)O[C@H]1C[C@H](c2ccc(Br)cc2)C1. The Labute approximate surface area is 99.7 Å². The predicted octanol–water partition coefficient (Wildman–Crippen LogP) is 4.23. The van der Waals surface area contributed by atoms with Crippen LogP contribution in [0.15, 0.2) is 28.7 Å². The molecule has 0 N–H and O–H groups in total. The van der Waals surface area contributed by atoms with Gasteiger partial charge in [-0.2, -0.15) is 0 Å². The molecule has 0 radical (unpaired) electrons. The number of hydrogen-bond donors (Lipinski definition) is 0. The maximum atomic E-state index is 11.9. The molecule has 1 aromatic carbocycles. The lowest BCUT2D eigenvalue weighted by atomic mass is 9.77. The molecule has 0 spiro atoms. The topological polar surface area (TPSA) is 9.23 Å². The van der Waals surface area contributed by atoms with Crippen LogP contribution in [0.4, 0.5) is 13.2 Å². The zero-order chi connectivity index (χ0) is 11.8. The van der Waals surface area contributed by atoms with Crippen LogP contribution in [0.25, 0.3) is 0 Å². The molecule has 0 unspecified atom stereocenters. The maximum Gasteiger partial charge on any atom is 0.522 e. The number of alkyl halides is 3. The standard InChI is InChI=1S/C11H10BrF3O/c12-9-3-1-7(2-4-9)8-5-10(6-8)16-11(13,14)15/h1-4,8,10H,5-6H2/t8-,10-. The van der Waals surface area contributed by atoms with Gasteiger partial charge in [0.05, 0.1) is 6.10 Å². The van der Waals surface area contributed by atoms with Crippen LogP contribution >= 0.6 is 15.9 Å². The molecule has 0 saturated heterocycles. The van der Waals surface area contributed by atoms with Crippen LogP contribution in [-0.2, 0) is 4.74 Å². The second-order valence-corrected chi connectivity index (χ2v) is 4.82. The van der Waals surface area contributed by atoms with Crippen LogP contribution in [-0.4, -0.2) is 12.5 Å². The molecule has 0 bridgehead atoms. The Kier molecular flexibility index (Phi) is 3.26. The van der Waals surface area contributed by atoms with Crippen LogP contribution in [0.5, 0.6) is 0 Å². The van der Waals surface area contributed by atoms with Gasteiger partial charge in [-0.3, -0.25) is 4.74 Å². The van der Waals surface area contributed by atoms with E-state index in [0.29, 0.717) is 12.8 Å². The van der Waals surface area contributed by atoms with Crippen molar-refractivity contribution in [1.29, 1.82) is 0 Å². The average molecular weight is 295 g/mol. The summed E-state index contributed by atoms with van der Waals surface area (Å²) < 4.78 is 40.6. The van der Waals surface area contributed by atoms with E-state index >= 15 is 0 Å². The third-order valence-corrected chi connectivity index (χ3v) is 3.27. The van der Waals surface area contributed by atoms with Gasteiger partial charge in [-0.1, -0.05) is 28.1 Å². The van der Waals surface area contributed by atoms with E-state index < -0.39 is 12.5 Å². The molecule has 1 nitrogen and oxygen atoms in total. The lowest BCUT2D eigenvalue weighted by Crippen LogP contribution is -2.34. The van der Waals surface area contributed by atoms with Crippen molar-refractivity contribution in [2.24, 2.45) is 0 Å². The largest absolute Gasteiger partial charge is 0.522 e. The summed E-state index contributed by atoms with van der Waals surface area (Å²) in [6.07, 6.45) is -4.29. The molecule has 1 aliphatic carbocycles. The van der Waals surface area contributed by atoms with Crippen molar-refractivity contribution < 1.29 is 17.9 Å². The molecule has 1 aromatic rings. The fourth-order valence-electron chi connectivity index (χ4n) is 1.86. The second kappa shape index (κ2) is 4.37. The molecular formula is C11H10BrF3O. The lowest BCUT2D eigenvalue weighted by molar-refractivity contribution is -0.351. The quantitative estimate of drug-likeness (QED) is 0.793. The highest BCUT2D eigenvalue weighted by atomic mass is 79.9. The minimum atomic E-state index is -4.50. The van der Waals surface area contributed by atoms with E-state index in [2.05, 4.69) is 20.7 Å². The number of benzene rings is 1. The van der Waals surface area contributed by atoms with Gasteiger partial charge in [-0.25, -0.2) is 0 Å². The third-order valence-electron chi connectivity index (χ3n) is 2.74. The summed E-state index contributed by atoms with van der Waals surface area (Å²) in [4.78, 5) is 0. The van der Waals surface area contributed by atoms with Gasteiger partial charge in [0, 0.05) is 4.47 Å². The average Bonchev–Trinajstić information content (AvgIpc) is 2.11. The number of rotatable bonds is 2. The molecule has 1 fully saturated rings. The smallest absolute Gasteiger partial charge is 0.289 e. The molecule has 5 heteroatoms. The van der Waals surface area contributed by atoms with Crippen molar-refractivity contribution in [1.82, 2.24) is 0 Å². The Morgan fingerprint density at radius 1 is 1.12 bits per heavy atom. The van der Waals surface area contributed by atoms with Crippen LogP contribution in [0.2, 0.25) is 0 Å². The Balaban J connectivity index is 1.86. The molecule has 0 aliphatic heterocycles. The Morgan fingerprint density at radius 3 is 2.19 bits per heavy atom. The van der Waals surface area contributed by atoms with Gasteiger partial charge < -0.3 is 0 Å². The van der Waals surface area contributed by atoms with Crippen LogP contribution in [0.3, 0.4) is 0 Å². The molecule has 0 aromatic heterocycles. The Hall–Kier alpha value is -0.550. The zero-order valence-electron chi connectivity index (χ0n) is 8.30. The highest BCUT2D eigenvalue weighted by Gasteiger charge is 2.40. The molecular weight excluding hydrogens is 285 g/mol. The van der Waals surface area contributed by atoms with Crippen LogP contribution in [0, 0.1) is 0 Å². The highest BCUT2D eigenvalue weighted by molar-refractivity contribution is 9.10. The first-order chi connectivity index (χ1) is 7.44. The van der Waals surface area contributed by atoms with Crippen molar-refractivity contribution in [3.05, 3.63) is 34.3 Å². The fraction of sp³-hybridized carbons (Fsp3) is 0.455. The van der Waals surface area contributed by atoms with Crippen molar-refractivity contribution >= 4 is 15.9 Å². The second-order valence-electron chi connectivity index (χ2n) is 3.91. The van der Waals surface area contributed by atoms with E-state index in [0.717, 1.165) is 10.0 Å². The van der Waals surface area contributed by atoms with E-state index in [1.165, 1.54) is 0 Å². The molecule has 16 heavy (non-hydrogen) atoms. The summed E-state index contributed by atoms with van der Waals surface area (Å²) in [7, 11) is 0. The zero-order valence-corrected chi connectivity index (χ0v) is 9.88. The molecule has 1 aliphatic rings. The summed E-state index contributed by atoms with van der Waals surface area (Å²) in [5.74, 6) is 0.195. The first-order valence-corrected chi connectivity index (χ1v) is 5.73. The van der Waals surface area contributed by atoms with Gasteiger partial charge >= 0.3 is 6.36 Å². The molecule has 0 amide bonds. The van der Waals surface area contributed by atoms with Gasteiger partial charge in [0.1, 0.15) is 0 Å². The van der Waals surface area contributed by atoms with Gasteiger partial charge in [0.25, 0.3) is 0 Å². The van der Waals surface area contributed by atoms with Crippen molar-refractivity contribution in [3.8, 4) is 0 Å². The lowest BCUT2D eigenvalue weighted by Gasteiger charge is -2.35. The molecule has 0 atom stereocenters. The van der Waals surface area contributed by atoms with E-state index in [-0.39, 0.29) is 5.92 Å². The monoisotopic (exact) mass is 294 g/mol. The summed E-state index contributed by atoms with van der Waals surface area (Å²) in [5, 5.41) is 0. The number of ether oxygens (including phenoxy) is 1. The molecule has 0 heterocycles. The summed E-state index contributed by atoms with van der Waals surface area (Å²) >= 11 is 3.31. The maximum absolute atomic E-state index is 11.9. The summed E-state index contributed by atoms with van der Waals surface area (Å²) in [5.41, 5.74) is 1.07. The minimum Gasteiger partial charge on any atom is -0.289 e. The van der Waals surface area contributed by atoms with E-state index in [1.54, 1.807) is 0 Å². The van der Waals surface area contributed by atoms with Gasteiger partial charge in [0.15, 0.2) is 0 Å². The normalized spacial score (nSPS) is 25.2. The van der Waals surface area contributed by atoms with Crippen molar-refractivity contribution in [2.45, 2.75) is 31.2 Å². The summed E-state index contributed by atoms with van der Waals surface area (Å²) in [6.45, 7) is 0. The predicted molar refractivity (Wildman–Crippen MR) is 57.0 cm³/mol. The van der Waals surface area contributed by atoms with Gasteiger partial charge in [-0.05, 0) is 36.5 Å². The van der Waals surface area contributed by atoms with Gasteiger partial charge in [0.2, 0.25) is 0 Å². The van der Waals surface area contributed by atoms with E-state index in [4.69, 9.17) is 0 Å². The molecule has 2 rings (SSSR count). The van der Waals surface area contributed by atoms with E-state index in [9.17, 15) is 13.2 Å². The summed E-state index contributed by atoms with van der Waals surface area (Å²) in [6, 6.07) is 7.65. The molecule has 1 saturated carbocycles. The van der Waals surface area contributed by atoms with Crippen LogP contribution < -0.4 is 0 Å². The van der Waals surface area contributed by atoms with Crippen molar-refractivity contribution in [2.75, 3.05) is 0 Å². The minimum absolute atomic E-state index is 0.195. The Morgan fingerprint density at radius 2 is 1.69 bits per heavy atom. The molecule has 88 valence electrons. The van der Waals surface area contributed by atoms with Gasteiger partial charge in [-0.15, -0.1) is 13.2 Å². The highest BCUT2D eigenvalue weighted by Crippen LogP contribution is 2.41. The fourth-order valence-corrected chi connectivity index (χ4v) is 2.12. The van der Waals surface area contributed by atoms with Crippen molar-refractivity contribution in [3.63, 3.8) is 0 Å². The van der Waals surface area contributed by atoms with E-state index in [1.807, 2.05) is 24.3 Å². The van der Waals surface area contributed by atoms with Crippen LogP contribution in [0.1, 0.15) is 24.3 Å². The first-order valence-electron chi connectivity index (χ1n) is 4.94. The first kappa shape index (κ1) is 11.9.